The zero-order chi connectivity index (χ0) is 36.6. The monoisotopic (exact) mass is 699 g/mol. The number of nitriles is 1. The van der Waals surface area contributed by atoms with Crippen molar-refractivity contribution in [3.63, 3.8) is 0 Å². The molecule has 5 heteroatoms. The maximum Gasteiger partial charge on any atom is 0.188 e. The van der Waals surface area contributed by atoms with Crippen LogP contribution >= 0.6 is 0 Å². The number of nitrogens with zero attached hydrogens (tertiary/aromatic N) is 5. The van der Waals surface area contributed by atoms with Gasteiger partial charge in [0.2, 0.25) is 0 Å². The van der Waals surface area contributed by atoms with E-state index in [0.29, 0.717) is 11.3 Å². The number of hydrogen-bond acceptors (Lipinski definition) is 1. The fourth-order valence-electron chi connectivity index (χ4n) is 8.77. The number of hydrogen-bond donors (Lipinski definition) is 0. The first-order valence-corrected chi connectivity index (χ1v) is 18.3. The second-order valence-electron chi connectivity index (χ2n) is 13.9. The first kappa shape index (κ1) is 30.7. The van der Waals surface area contributed by atoms with Crippen molar-refractivity contribution in [3.8, 4) is 34.3 Å². The maximum absolute atomic E-state index is 10.5. The molecule has 0 spiro atoms. The fraction of sp³-hybridized carbons (Fsp3) is 0. The normalized spacial score (nSPS) is 11.6. The van der Waals surface area contributed by atoms with Gasteiger partial charge in [-0.3, -0.25) is 0 Å². The molecule has 254 valence electrons. The SMILES string of the molecule is [C-]#[N+]c1ccc2c(c1)c1ccccc1n2-c1ccc2c3ccccc3n(-c3ccc(-c4c(C#N)cccc4-n4c5ccccc5c5ccccc54)cc3)c2c1. The van der Waals surface area contributed by atoms with Crippen molar-refractivity contribution in [1.29, 1.82) is 5.26 Å². The molecule has 3 heterocycles. The summed E-state index contributed by atoms with van der Waals surface area (Å²) in [5.41, 5.74) is 12.8. The van der Waals surface area contributed by atoms with Crippen LogP contribution in [0.4, 0.5) is 5.69 Å². The predicted molar refractivity (Wildman–Crippen MR) is 226 cm³/mol. The molecular weight excluding hydrogens is 671 g/mol. The summed E-state index contributed by atoms with van der Waals surface area (Å²) in [6, 6.07) is 63.7. The summed E-state index contributed by atoms with van der Waals surface area (Å²) in [5, 5.41) is 17.4. The Labute approximate surface area is 316 Å². The average molecular weight is 700 g/mol. The zero-order valence-electron chi connectivity index (χ0n) is 29.5. The molecule has 3 aromatic heterocycles. The molecule has 0 aliphatic heterocycles. The zero-order valence-corrected chi connectivity index (χ0v) is 29.5. The van der Waals surface area contributed by atoms with Gasteiger partial charge in [-0.1, -0.05) is 103 Å². The third kappa shape index (κ3) is 4.45. The minimum atomic E-state index is 0.628. The number of para-hydroxylation sites is 4. The van der Waals surface area contributed by atoms with E-state index in [-0.39, 0.29) is 0 Å². The van der Waals surface area contributed by atoms with Crippen molar-refractivity contribution in [2.24, 2.45) is 0 Å². The Hall–Kier alpha value is -7.86. The van der Waals surface area contributed by atoms with Gasteiger partial charge in [0.1, 0.15) is 0 Å². The van der Waals surface area contributed by atoms with Crippen LogP contribution in [0.5, 0.6) is 0 Å². The Kier molecular flexibility index (Phi) is 6.61. The van der Waals surface area contributed by atoms with Crippen LogP contribution in [0.15, 0.2) is 176 Å². The lowest BCUT2D eigenvalue weighted by Crippen LogP contribution is -2.00. The van der Waals surface area contributed by atoms with Crippen LogP contribution in [0.25, 0.3) is 98.5 Å². The largest absolute Gasteiger partial charge is 0.309 e. The summed E-state index contributed by atoms with van der Waals surface area (Å²) in [7, 11) is 0. The van der Waals surface area contributed by atoms with Gasteiger partial charge >= 0.3 is 0 Å². The molecule has 8 aromatic carbocycles. The minimum Gasteiger partial charge on any atom is -0.309 e. The third-order valence-electron chi connectivity index (χ3n) is 11.1. The quantitative estimate of drug-likeness (QED) is 0.169. The smallest absolute Gasteiger partial charge is 0.188 e. The van der Waals surface area contributed by atoms with Crippen LogP contribution in [-0.2, 0) is 0 Å². The van der Waals surface area contributed by atoms with E-state index < -0.39 is 0 Å². The molecule has 0 aliphatic rings. The molecule has 0 bridgehead atoms. The molecule has 5 nitrogen and oxygen atoms in total. The Morgan fingerprint density at radius 3 is 1.53 bits per heavy atom. The molecule has 55 heavy (non-hydrogen) atoms. The summed E-state index contributed by atoms with van der Waals surface area (Å²) >= 11 is 0. The Bertz CT molecular complexity index is 3400. The number of aromatic nitrogens is 3. The lowest BCUT2D eigenvalue weighted by molar-refractivity contribution is 1.15. The number of rotatable bonds is 4. The van der Waals surface area contributed by atoms with Crippen molar-refractivity contribution in [2.45, 2.75) is 0 Å². The number of benzene rings is 8. The van der Waals surface area contributed by atoms with Gasteiger partial charge in [-0.05, 0) is 83.7 Å². The molecule has 0 amide bonds. The van der Waals surface area contributed by atoms with E-state index in [2.05, 4.69) is 176 Å². The van der Waals surface area contributed by atoms with E-state index in [1.54, 1.807) is 0 Å². The highest BCUT2D eigenvalue weighted by Gasteiger charge is 2.20. The van der Waals surface area contributed by atoms with E-state index in [1.165, 1.54) is 21.5 Å². The van der Waals surface area contributed by atoms with E-state index in [0.717, 1.165) is 72.1 Å². The maximum atomic E-state index is 10.5. The standard InChI is InChI=1S/C50H29N5/c1-52-34-23-28-47-42(29-34)40-15-5-7-17-44(40)54(47)36-26-27-41-39-14-2-6-16-43(39)53(49(41)30-36)35-24-21-32(22-25-35)50-33(31-51)11-10-20-48(50)55-45-18-8-3-12-37(45)38-13-4-9-19-46(38)55/h2-30H. The van der Waals surface area contributed by atoms with Crippen LogP contribution in [0, 0.1) is 17.9 Å². The fourth-order valence-corrected chi connectivity index (χ4v) is 8.77. The van der Waals surface area contributed by atoms with E-state index >= 15 is 0 Å². The Morgan fingerprint density at radius 2 is 0.927 bits per heavy atom. The second-order valence-corrected chi connectivity index (χ2v) is 13.9. The summed E-state index contributed by atoms with van der Waals surface area (Å²) in [4.78, 5) is 3.72. The average Bonchev–Trinajstić information content (AvgIpc) is 3.88. The van der Waals surface area contributed by atoms with Crippen LogP contribution in [-0.4, -0.2) is 13.7 Å². The summed E-state index contributed by atoms with van der Waals surface area (Å²) < 4.78 is 6.94. The lowest BCUT2D eigenvalue weighted by atomic mass is 9.97. The third-order valence-corrected chi connectivity index (χ3v) is 11.1. The molecule has 0 fully saturated rings. The van der Waals surface area contributed by atoms with Crippen LogP contribution in [0.2, 0.25) is 0 Å². The van der Waals surface area contributed by atoms with Crippen molar-refractivity contribution in [3.05, 3.63) is 193 Å². The molecule has 0 saturated carbocycles. The van der Waals surface area contributed by atoms with Gasteiger partial charge in [0, 0.05) is 43.9 Å². The predicted octanol–water partition coefficient (Wildman–Crippen LogP) is 13.1. The van der Waals surface area contributed by atoms with E-state index in [4.69, 9.17) is 6.57 Å². The molecular formula is C50H29N5. The highest BCUT2D eigenvalue weighted by molar-refractivity contribution is 6.13. The van der Waals surface area contributed by atoms with Crippen molar-refractivity contribution in [1.82, 2.24) is 13.7 Å². The molecule has 0 saturated heterocycles. The topological polar surface area (TPSA) is 42.9 Å². The summed E-state index contributed by atoms with van der Waals surface area (Å²) in [5.74, 6) is 0. The molecule has 11 aromatic rings. The first-order valence-electron chi connectivity index (χ1n) is 18.3. The second kappa shape index (κ2) is 11.8. The molecule has 11 rings (SSSR count). The Balaban J connectivity index is 1.11. The van der Waals surface area contributed by atoms with Crippen LogP contribution in [0.3, 0.4) is 0 Å². The molecule has 0 unspecified atom stereocenters. The van der Waals surface area contributed by atoms with Gasteiger partial charge in [-0.15, -0.1) is 0 Å². The Morgan fingerprint density at radius 1 is 0.418 bits per heavy atom. The molecule has 0 N–H and O–H groups in total. The van der Waals surface area contributed by atoms with Crippen LogP contribution < -0.4 is 0 Å². The van der Waals surface area contributed by atoms with Gasteiger partial charge in [-0.2, -0.15) is 5.26 Å². The highest BCUT2D eigenvalue weighted by Crippen LogP contribution is 2.40. The lowest BCUT2D eigenvalue weighted by Gasteiger charge is -2.16. The van der Waals surface area contributed by atoms with Crippen molar-refractivity contribution >= 4 is 71.1 Å². The van der Waals surface area contributed by atoms with Gasteiger partial charge in [0.15, 0.2) is 5.69 Å². The first-order chi connectivity index (χ1) is 27.2. The molecule has 0 radical (unpaired) electrons. The van der Waals surface area contributed by atoms with Gasteiger partial charge in [0.25, 0.3) is 0 Å². The van der Waals surface area contributed by atoms with Crippen molar-refractivity contribution < 1.29 is 0 Å². The van der Waals surface area contributed by atoms with Crippen molar-refractivity contribution in [2.75, 3.05) is 0 Å². The van der Waals surface area contributed by atoms with E-state index in [1.807, 2.05) is 24.3 Å². The summed E-state index contributed by atoms with van der Waals surface area (Å²) in [6.07, 6.45) is 0. The highest BCUT2D eigenvalue weighted by atomic mass is 15.0. The van der Waals surface area contributed by atoms with Crippen LogP contribution in [0.1, 0.15) is 5.56 Å². The minimum absolute atomic E-state index is 0.628. The van der Waals surface area contributed by atoms with Gasteiger partial charge in [0.05, 0.1) is 57.0 Å². The van der Waals surface area contributed by atoms with Gasteiger partial charge in [-0.25, -0.2) is 4.85 Å². The molecule has 0 aliphatic carbocycles. The summed E-state index contributed by atoms with van der Waals surface area (Å²) in [6.45, 7) is 7.63. The molecule has 0 atom stereocenters. The number of fused-ring (bicyclic) bond motifs is 9. The van der Waals surface area contributed by atoms with E-state index in [9.17, 15) is 5.26 Å². The van der Waals surface area contributed by atoms with Gasteiger partial charge < -0.3 is 13.7 Å².